The summed E-state index contributed by atoms with van der Waals surface area (Å²) in [6.07, 6.45) is 2.78. The molecule has 88 valence electrons. The first kappa shape index (κ1) is 11.6. The molecule has 1 saturated carbocycles. The largest absolute Gasteiger partial charge is 0.325 e. The molecule has 3 nitrogen and oxygen atoms in total. The van der Waals surface area contributed by atoms with E-state index in [2.05, 4.69) is 29.9 Å². The predicted molar refractivity (Wildman–Crippen MR) is 65.8 cm³/mol. The Morgan fingerprint density at radius 2 is 2.12 bits per heavy atom. The van der Waals surface area contributed by atoms with Crippen LogP contribution in [0, 0.1) is 5.92 Å². The molecule has 0 spiro atoms. The van der Waals surface area contributed by atoms with E-state index in [1.807, 2.05) is 12.1 Å². The van der Waals surface area contributed by atoms with Crippen LogP contribution in [0.4, 0.5) is 0 Å². The number of hydrogen-bond acceptors (Lipinski definition) is 3. The van der Waals surface area contributed by atoms with Gasteiger partial charge in [0.25, 0.3) is 0 Å². The Morgan fingerprint density at radius 1 is 1.44 bits per heavy atom. The molecule has 0 bridgehead atoms. The Morgan fingerprint density at radius 3 is 2.75 bits per heavy atom. The van der Waals surface area contributed by atoms with E-state index in [1.54, 1.807) is 0 Å². The second-order valence-electron chi connectivity index (χ2n) is 4.82. The van der Waals surface area contributed by atoms with Crippen molar-refractivity contribution < 1.29 is 0 Å². The van der Waals surface area contributed by atoms with Crippen molar-refractivity contribution in [3.63, 3.8) is 0 Å². The average Bonchev–Trinajstić information content (AvgIpc) is 3.12. The molecule has 1 aliphatic rings. The second-order valence-corrected chi connectivity index (χ2v) is 4.82. The third-order valence-electron chi connectivity index (χ3n) is 3.48. The van der Waals surface area contributed by atoms with Gasteiger partial charge in [0, 0.05) is 19.1 Å². The maximum absolute atomic E-state index is 5.59. The van der Waals surface area contributed by atoms with E-state index >= 15 is 0 Å². The van der Waals surface area contributed by atoms with Crippen LogP contribution in [0.2, 0.25) is 0 Å². The summed E-state index contributed by atoms with van der Waals surface area (Å²) >= 11 is 0. The average molecular weight is 219 g/mol. The fraction of sp³-hybridized carbons (Fsp3) is 0.615. The Balaban J connectivity index is 1.96. The molecule has 1 aromatic rings. The molecule has 0 aliphatic heterocycles. The number of pyridine rings is 1. The molecule has 1 atom stereocenters. The summed E-state index contributed by atoms with van der Waals surface area (Å²) in [5.74, 6) is 0.905. The molecule has 0 radical (unpaired) electrons. The van der Waals surface area contributed by atoms with Gasteiger partial charge in [0.05, 0.1) is 11.4 Å². The van der Waals surface area contributed by atoms with Crippen molar-refractivity contribution in [2.75, 3.05) is 7.05 Å². The summed E-state index contributed by atoms with van der Waals surface area (Å²) < 4.78 is 0. The van der Waals surface area contributed by atoms with Crippen molar-refractivity contribution in [2.24, 2.45) is 11.7 Å². The molecule has 1 fully saturated rings. The lowest BCUT2D eigenvalue weighted by molar-refractivity contribution is 0.224. The van der Waals surface area contributed by atoms with Gasteiger partial charge < -0.3 is 5.73 Å². The number of rotatable bonds is 5. The maximum atomic E-state index is 5.59. The third kappa shape index (κ3) is 2.80. The SMILES string of the molecule is CC(C1CC1)N(C)Cc1cccc(CN)n1. The summed E-state index contributed by atoms with van der Waals surface area (Å²) in [4.78, 5) is 6.92. The molecule has 0 saturated heterocycles. The van der Waals surface area contributed by atoms with Crippen LogP contribution < -0.4 is 5.73 Å². The summed E-state index contributed by atoms with van der Waals surface area (Å²) in [5, 5.41) is 0. The second kappa shape index (κ2) is 4.93. The van der Waals surface area contributed by atoms with Gasteiger partial charge in [-0.15, -0.1) is 0 Å². The minimum absolute atomic E-state index is 0.524. The Hall–Kier alpha value is -0.930. The summed E-state index contributed by atoms with van der Waals surface area (Å²) in [6.45, 7) is 3.76. The van der Waals surface area contributed by atoms with Gasteiger partial charge >= 0.3 is 0 Å². The summed E-state index contributed by atoms with van der Waals surface area (Å²) in [5.41, 5.74) is 7.69. The molecular weight excluding hydrogens is 198 g/mol. The van der Waals surface area contributed by atoms with Gasteiger partial charge in [-0.05, 0) is 44.9 Å². The molecule has 1 aliphatic carbocycles. The van der Waals surface area contributed by atoms with Gasteiger partial charge in [0.2, 0.25) is 0 Å². The number of aromatic nitrogens is 1. The zero-order valence-corrected chi connectivity index (χ0v) is 10.2. The fourth-order valence-corrected chi connectivity index (χ4v) is 2.07. The van der Waals surface area contributed by atoms with E-state index in [1.165, 1.54) is 12.8 Å². The van der Waals surface area contributed by atoms with Crippen molar-refractivity contribution in [1.29, 1.82) is 0 Å². The molecule has 0 aromatic carbocycles. The van der Waals surface area contributed by atoms with Crippen molar-refractivity contribution in [2.45, 2.75) is 38.9 Å². The molecule has 1 unspecified atom stereocenters. The number of nitrogens with two attached hydrogens (primary N) is 1. The van der Waals surface area contributed by atoms with Gasteiger partial charge in [-0.3, -0.25) is 9.88 Å². The first-order valence-corrected chi connectivity index (χ1v) is 6.06. The fourth-order valence-electron chi connectivity index (χ4n) is 2.07. The monoisotopic (exact) mass is 219 g/mol. The molecular formula is C13H21N3. The lowest BCUT2D eigenvalue weighted by Gasteiger charge is -2.24. The highest BCUT2D eigenvalue weighted by Gasteiger charge is 2.30. The van der Waals surface area contributed by atoms with Crippen LogP contribution in [0.25, 0.3) is 0 Å². The van der Waals surface area contributed by atoms with Crippen LogP contribution >= 0.6 is 0 Å². The molecule has 16 heavy (non-hydrogen) atoms. The topological polar surface area (TPSA) is 42.1 Å². The summed E-state index contributed by atoms with van der Waals surface area (Å²) in [7, 11) is 2.18. The predicted octanol–water partition coefficient (Wildman–Crippen LogP) is 1.77. The van der Waals surface area contributed by atoms with Gasteiger partial charge in [-0.2, -0.15) is 0 Å². The highest BCUT2D eigenvalue weighted by Crippen LogP contribution is 2.34. The van der Waals surface area contributed by atoms with Gasteiger partial charge in [-0.25, -0.2) is 0 Å². The van der Waals surface area contributed by atoms with Crippen molar-refractivity contribution in [3.05, 3.63) is 29.6 Å². The molecule has 1 heterocycles. The quantitative estimate of drug-likeness (QED) is 0.820. The van der Waals surface area contributed by atoms with E-state index in [0.29, 0.717) is 12.6 Å². The van der Waals surface area contributed by atoms with Crippen LogP contribution in [0.1, 0.15) is 31.2 Å². The van der Waals surface area contributed by atoms with E-state index < -0.39 is 0 Å². The Kier molecular flexibility index (Phi) is 3.56. The number of nitrogens with zero attached hydrogens (tertiary/aromatic N) is 2. The van der Waals surface area contributed by atoms with E-state index in [-0.39, 0.29) is 0 Å². The Labute approximate surface area is 97.7 Å². The highest BCUT2D eigenvalue weighted by atomic mass is 15.1. The lowest BCUT2D eigenvalue weighted by atomic mass is 10.2. The highest BCUT2D eigenvalue weighted by molar-refractivity contribution is 5.11. The van der Waals surface area contributed by atoms with Gasteiger partial charge in [-0.1, -0.05) is 6.07 Å². The smallest absolute Gasteiger partial charge is 0.0547 e. The standard InChI is InChI=1S/C13H21N3/c1-10(11-6-7-11)16(2)9-13-5-3-4-12(8-14)15-13/h3-5,10-11H,6-9,14H2,1-2H3. The van der Waals surface area contributed by atoms with Crippen molar-refractivity contribution in [3.8, 4) is 0 Å². The van der Waals surface area contributed by atoms with Crippen LogP contribution in [0.3, 0.4) is 0 Å². The normalized spacial score (nSPS) is 17.8. The van der Waals surface area contributed by atoms with Crippen LogP contribution in [0.5, 0.6) is 0 Å². The van der Waals surface area contributed by atoms with E-state index in [4.69, 9.17) is 5.73 Å². The zero-order valence-electron chi connectivity index (χ0n) is 10.2. The van der Waals surface area contributed by atoms with Gasteiger partial charge in [0.1, 0.15) is 0 Å². The minimum atomic E-state index is 0.524. The zero-order chi connectivity index (χ0) is 11.5. The molecule has 0 amide bonds. The van der Waals surface area contributed by atoms with Crippen molar-refractivity contribution in [1.82, 2.24) is 9.88 Å². The molecule has 2 rings (SSSR count). The number of hydrogen-bond donors (Lipinski definition) is 1. The summed E-state index contributed by atoms with van der Waals surface area (Å²) in [6, 6.07) is 6.77. The third-order valence-corrected chi connectivity index (χ3v) is 3.48. The first-order valence-electron chi connectivity index (χ1n) is 6.06. The first-order chi connectivity index (χ1) is 7.70. The van der Waals surface area contributed by atoms with E-state index in [0.717, 1.165) is 23.9 Å². The molecule has 2 N–H and O–H groups in total. The lowest BCUT2D eigenvalue weighted by Crippen LogP contribution is -2.30. The van der Waals surface area contributed by atoms with Gasteiger partial charge in [0.15, 0.2) is 0 Å². The minimum Gasteiger partial charge on any atom is -0.325 e. The van der Waals surface area contributed by atoms with Crippen LogP contribution in [0.15, 0.2) is 18.2 Å². The molecule has 3 heteroatoms. The van der Waals surface area contributed by atoms with Crippen LogP contribution in [-0.4, -0.2) is 23.0 Å². The molecule has 1 aromatic heterocycles. The van der Waals surface area contributed by atoms with E-state index in [9.17, 15) is 0 Å². The van der Waals surface area contributed by atoms with Crippen LogP contribution in [-0.2, 0) is 13.1 Å². The maximum Gasteiger partial charge on any atom is 0.0547 e. The Bertz CT molecular complexity index is 347. The van der Waals surface area contributed by atoms with Crippen molar-refractivity contribution >= 4 is 0 Å².